The second-order valence-electron chi connectivity index (χ2n) is 7.88. The van der Waals surface area contributed by atoms with E-state index in [2.05, 4.69) is 52.2 Å². The first kappa shape index (κ1) is 18.3. The van der Waals surface area contributed by atoms with E-state index in [1.54, 1.807) is 4.88 Å². The predicted octanol–water partition coefficient (Wildman–Crippen LogP) is 5.44. The summed E-state index contributed by atoms with van der Waals surface area (Å²) in [5.41, 5.74) is 2.62. The van der Waals surface area contributed by atoms with Gasteiger partial charge in [-0.2, -0.15) is 0 Å². The molecule has 3 nitrogen and oxygen atoms in total. The van der Waals surface area contributed by atoms with Gasteiger partial charge in [-0.1, -0.05) is 15.9 Å². The summed E-state index contributed by atoms with van der Waals surface area (Å²) >= 11 is 5.50. The lowest BCUT2D eigenvalue weighted by molar-refractivity contribution is 0.131. The summed E-state index contributed by atoms with van der Waals surface area (Å²) in [6.45, 7) is 8.45. The van der Waals surface area contributed by atoms with Crippen molar-refractivity contribution in [2.75, 3.05) is 19.7 Å². The van der Waals surface area contributed by atoms with E-state index < -0.39 is 0 Å². The first-order valence-electron chi connectivity index (χ1n) is 9.42. The number of unbranched alkanes of at least 4 members (excludes halogenated alkanes) is 1. The number of rotatable bonds is 6. The van der Waals surface area contributed by atoms with Crippen LogP contribution in [0.1, 0.15) is 42.7 Å². The van der Waals surface area contributed by atoms with E-state index >= 15 is 0 Å². The maximum absolute atomic E-state index is 6.11. The second-order valence-corrected chi connectivity index (χ2v) is 9.80. The number of hydrogen-bond acceptors (Lipinski definition) is 4. The zero-order valence-corrected chi connectivity index (χ0v) is 17.9. The monoisotopic (exact) mass is 435 g/mol. The zero-order valence-electron chi connectivity index (χ0n) is 15.5. The third-order valence-corrected chi connectivity index (χ3v) is 6.58. The molecule has 0 fully saturated rings. The summed E-state index contributed by atoms with van der Waals surface area (Å²) in [7, 11) is 0. The van der Waals surface area contributed by atoms with Crippen molar-refractivity contribution < 1.29 is 9.47 Å². The van der Waals surface area contributed by atoms with Crippen molar-refractivity contribution in [1.29, 1.82) is 0 Å². The number of benzene rings is 1. The van der Waals surface area contributed by atoms with E-state index in [4.69, 9.17) is 9.47 Å². The molecule has 4 rings (SSSR count). The van der Waals surface area contributed by atoms with Crippen molar-refractivity contribution >= 4 is 27.3 Å². The molecule has 0 N–H and O–H groups in total. The minimum atomic E-state index is -0.143. The highest BCUT2D eigenvalue weighted by Gasteiger charge is 2.32. The van der Waals surface area contributed by atoms with Gasteiger partial charge >= 0.3 is 0 Å². The molecule has 2 aliphatic rings. The third-order valence-electron chi connectivity index (χ3n) is 5.10. The Balaban J connectivity index is 1.25. The molecule has 140 valence electrons. The largest absolute Gasteiger partial charge is 0.490 e. The molecule has 0 radical (unpaired) electrons. The van der Waals surface area contributed by atoms with Crippen LogP contribution in [0.3, 0.4) is 0 Å². The number of thiophene rings is 1. The Morgan fingerprint density at radius 1 is 1.27 bits per heavy atom. The number of ether oxygens (including phenoxy) is 2. The summed E-state index contributed by atoms with van der Waals surface area (Å²) in [5, 5.41) is 2.22. The van der Waals surface area contributed by atoms with E-state index in [0.717, 1.165) is 48.5 Å². The molecule has 0 atom stereocenters. The molecule has 5 heteroatoms. The Bertz CT molecular complexity index is 786. The van der Waals surface area contributed by atoms with Crippen LogP contribution in [-0.4, -0.2) is 30.2 Å². The summed E-state index contributed by atoms with van der Waals surface area (Å²) in [4.78, 5) is 4.15. The SMILES string of the molecule is CC1(C)Cc2cc(Br)cc(OCCCCN3CCc4sccc4C3)c2O1. The molecule has 0 unspecified atom stereocenters. The minimum Gasteiger partial charge on any atom is -0.490 e. The van der Waals surface area contributed by atoms with Crippen LogP contribution in [0.2, 0.25) is 0 Å². The molecular weight excluding hydrogens is 410 g/mol. The van der Waals surface area contributed by atoms with Crippen LogP contribution in [0.25, 0.3) is 0 Å². The first-order chi connectivity index (χ1) is 12.5. The van der Waals surface area contributed by atoms with Gasteiger partial charge in [0.15, 0.2) is 11.5 Å². The van der Waals surface area contributed by atoms with Crippen LogP contribution in [0.4, 0.5) is 0 Å². The second kappa shape index (κ2) is 7.53. The highest BCUT2D eigenvalue weighted by Crippen LogP contribution is 2.43. The molecule has 26 heavy (non-hydrogen) atoms. The van der Waals surface area contributed by atoms with Gasteiger partial charge in [0.2, 0.25) is 0 Å². The molecule has 1 aromatic carbocycles. The van der Waals surface area contributed by atoms with Crippen LogP contribution < -0.4 is 9.47 Å². The molecule has 0 spiro atoms. The molecule has 0 saturated carbocycles. The van der Waals surface area contributed by atoms with Crippen molar-refractivity contribution in [3.8, 4) is 11.5 Å². The standard InChI is InChI=1S/C21H26BrNO2S/c1-21(2)13-16-11-17(22)12-18(20(16)25-21)24-9-4-3-7-23-8-5-19-15(14-23)6-10-26-19/h6,10-12H,3-5,7-9,13-14H2,1-2H3. The Morgan fingerprint density at radius 3 is 3.04 bits per heavy atom. The van der Waals surface area contributed by atoms with Crippen LogP contribution in [0.15, 0.2) is 28.1 Å². The molecule has 3 heterocycles. The van der Waals surface area contributed by atoms with E-state index in [-0.39, 0.29) is 5.60 Å². The van der Waals surface area contributed by atoms with Crippen molar-refractivity contribution in [3.63, 3.8) is 0 Å². The first-order valence-corrected chi connectivity index (χ1v) is 11.1. The number of hydrogen-bond donors (Lipinski definition) is 0. The van der Waals surface area contributed by atoms with Crippen molar-refractivity contribution in [2.24, 2.45) is 0 Å². The van der Waals surface area contributed by atoms with Gasteiger partial charge < -0.3 is 9.47 Å². The Morgan fingerprint density at radius 2 is 2.15 bits per heavy atom. The van der Waals surface area contributed by atoms with Gasteiger partial charge in [-0.05, 0) is 68.8 Å². The Kier molecular flexibility index (Phi) is 5.31. The average molecular weight is 436 g/mol. The fourth-order valence-corrected chi connectivity index (χ4v) is 5.24. The smallest absolute Gasteiger partial charge is 0.165 e. The summed E-state index contributed by atoms with van der Waals surface area (Å²) < 4.78 is 13.3. The molecular formula is C21H26BrNO2S. The van der Waals surface area contributed by atoms with E-state index in [1.807, 2.05) is 17.4 Å². The average Bonchev–Trinajstić information content (AvgIpc) is 3.16. The lowest BCUT2D eigenvalue weighted by Crippen LogP contribution is -2.30. The molecule has 2 aromatic rings. The van der Waals surface area contributed by atoms with Crippen LogP contribution >= 0.6 is 27.3 Å². The maximum Gasteiger partial charge on any atom is 0.165 e. The summed E-state index contributed by atoms with van der Waals surface area (Å²) in [6.07, 6.45) is 4.37. The number of halogens is 1. The van der Waals surface area contributed by atoms with Gasteiger partial charge in [-0.25, -0.2) is 0 Å². The van der Waals surface area contributed by atoms with Gasteiger partial charge in [0.25, 0.3) is 0 Å². The lowest BCUT2D eigenvalue weighted by Gasteiger charge is -2.26. The van der Waals surface area contributed by atoms with Gasteiger partial charge in [-0.15, -0.1) is 11.3 Å². The van der Waals surface area contributed by atoms with Crippen LogP contribution in [0, 0.1) is 0 Å². The fourth-order valence-electron chi connectivity index (χ4n) is 3.87. The zero-order chi connectivity index (χ0) is 18.1. The Labute approximate surface area is 168 Å². The topological polar surface area (TPSA) is 21.7 Å². The minimum absolute atomic E-state index is 0.143. The van der Waals surface area contributed by atoms with Crippen molar-refractivity contribution in [1.82, 2.24) is 4.90 Å². The highest BCUT2D eigenvalue weighted by atomic mass is 79.9. The lowest BCUT2D eigenvalue weighted by atomic mass is 10.0. The molecule has 1 aromatic heterocycles. The van der Waals surface area contributed by atoms with Crippen molar-refractivity contribution in [2.45, 2.75) is 51.7 Å². The van der Waals surface area contributed by atoms with Gasteiger partial charge in [0, 0.05) is 34.4 Å². The van der Waals surface area contributed by atoms with E-state index in [1.165, 1.54) is 30.5 Å². The Hall–Kier alpha value is -1.04. The van der Waals surface area contributed by atoms with E-state index in [0.29, 0.717) is 0 Å². The maximum atomic E-state index is 6.11. The fraction of sp³-hybridized carbons (Fsp3) is 0.524. The number of nitrogens with zero attached hydrogens (tertiary/aromatic N) is 1. The van der Waals surface area contributed by atoms with Gasteiger partial charge in [0.05, 0.1) is 6.61 Å². The third kappa shape index (κ3) is 4.10. The normalized spacial score (nSPS) is 18.3. The van der Waals surface area contributed by atoms with Crippen LogP contribution in [-0.2, 0) is 19.4 Å². The summed E-state index contributed by atoms with van der Waals surface area (Å²) in [6, 6.07) is 6.46. The highest BCUT2D eigenvalue weighted by molar-refractivity contribution is 9.10. The molecule has 0 amide bonds. The predicted molar refractivity (Wildman–Crippen MR) is 111 cm³/mol. The van der Waals surface area contributed by atoms with Gasteiger partial charge in [0.1, 0.15) is 5.60 Å². The molecule has 2 aliphatic heterocycles. The van der Waals surface area contributed by atoms with Crippen LogP contribution in [0.5, 0.6) is 11.5 Å². The quantitative estimate of drug-likeness (QED) is 0.563. The van der Waals surface area contributed by atoms with Crippen molar-refractivity contribution in [3.05, 3.63) is 44.1 Å². The number of fused-ring (bicyclic) bond motifs is 2. The molecule has 0 aliphatic carbocycles. The van der Waals surface area contributed by atoms with E-state index in [9.17, 15) is 0 Å². The summed E-state index contributed by atoms with van der Waals surface area (Å²) in [5.74, 6) is 1.81. The molecule has 0 saturated heterocycles. The molecule has 0 bridgehead atoms. The van der Waals surface area contributed by atoms with Gasteiger partial charge in [-0.3, -0.25) is 4.90 Å².